The van der Waals surface area contributed by atoms with Crippen LogP contribution in [0.1, 0.15) is 10.4 Å². The molecule has 2 aromatic carbocycles. The Balaban J connectivity index is 1.72. The highest BCUT2D eigenvalue weighted by Crippen LogP contribution is 2.30. The Morgan fingerprint density at radius 3 is 2.34 bits per heavy atom. The molecule has 3 rings (SSSR count). The van der Waals surface area contributed by atoms with Crippen molar-refractivity contribution in [2.75, 3.05) is 19.5 Å². The number of nitrogens with zero attached hydrogens (tertiary/aromatic N) is 2. The van der Waals surface area contributed by atoms with Crippen LogP contribution < -0.4 is 19.5 Å². The molecule has 0 aliphatic heterocycles. The number of methoxy groups -OCH3 is 2. The molecule has 1 aromatic heterocycles. The van der Waals surface area contributed by atoms with Crippen molar-refractivity contribution < 1.29 is 23.9 Å². The van der Waals surface area contributed by atoms with E-state index in [1.54, 1.807) is 30.3 Å². The molecule has 1 heterocycles. The van der Waals surface area contributed by atoms with Gasteiger partial charge in [-0.15, -0.1) is 0 Å². The van der Waals surface area contributed by atoms with Gasteiger partial charge in [0.2, 0.25) is 5.88 Å². The molecule has 0 fully saturated rings. The Labute approximate surface area is 166 Å². The molecule has 0 atom stereocenters. The van der Waals surface area contributed by atoms with E-state index in [9.17, 15) is 14.9 Å². The summed E-state index contributed by atoms with van der Waals surface area (Å²) < 4.78 is 15.8. The molecule has 0 spiro atoms. The molecule has 0 aliphatic rings. The lowest BCUT2D eigenvalue weighted by Crippen LogP contribution is -2.12. The molecular formula is C20H17N3O6. The number of benzene rings is 2. The summed E-state index contributed by atoms with van der Waals surface area (Å²) in [6.07, 6.45) is 1.42. The van der Waals surface area contributed by atoms with Crippen molar-refractivity contribution in [1.29, 1.82) is 0 Å². The monoisotopic (exact) mass is 395 g/mol. The second-order valence-corrected chi connectivity index (χ2v) is 5.74. The van der Waals surface area contributed by atoms with Crippen molar-refractivity contribution in [1.82, 2.24) is 4.98 Å². The van der Waals surface area contributed by atoms with E-state index in [1.807, 2.05) is 6.07 Å². The highest BCUT2D eigenvalue weighted by molar-refractivity contribution is 6.04. The molecule has 29 heavy (non-hydrogen) atoms. The summed E-state index contributed by atoms with van der Waals surface area (Å²) in [4.78, 5) is 27.0. The Hall–Kier alpha value is -4.14. The first-order valence-electron chi connectivity index (χ1n) is 8.42. The van der Waals surface area contributed by atoms with Crippen molar-refractivity contribution >= 4 is 17.3 Å². The molecular weight excluding hydrogens is 378 g/mol. The molecule has 0 unspecified atom stereocenters. The Kier molecular flexibility index (Phi) is 5.88. The maximum atomic E-state index is 12.4. The molecule has 9 heteroatoms. The lowest BCUT2D eigenvalue weighted by molar-refractivity contribution is -0.385. The normalized spacial score (nSPS) is 10.1. The van der Waals surface area contributed by atoms with Crippen molar-refractivity contribution in [3.8, 4) is 23.1 Å². The second-order valence-electron chi connectivity index (χ2n) is 5.74. The third kappa shape index (κ3) is 4.59. The van der Waals surface area contributed by atoms with Crippen molar-refractivity contribution in [2.45, 2.75) is 0 Å². The van der Waals surface area contributed by atoms with Gasteiger partial charge in [-0.05, 0) is 30.3 Å². The van der Waals surface area contributed by atoms with Crippen molar-refractivity contribution in [3.63, 3.8) is 0 Å². The van der Waals surface area contributed by atoms with Crippen molar-refractivity contribution in [2.24, 2.45) is 0 Å². The third-order valence-corrected chi connectivity index (χ3v) is 3.92. The number of amides is 1. The first-order chi connectivity index (χ1) is 14.0. The molecule has 148 valence electrons. The molecule has 0 radical (unpaired) electrons. The molecule has 0 bridgehead atoms. The predicted octanol–water partition coefficient (Wildman–Crippen LogP) is 4.05. The number of ether oxygens (including phenoxy) is 3. The first kappa shape index (κ1) is 19.6. The fraction of sp³-hybridized carbons (Fsp3) is 0.100. The topological polar surface area (TPSA) is 113 Å². The van der Waals surface area contributed by atoms with Gasteiger partial charge in [-0.25, -0.2) is 4.98 Å². The van der Waals surface area contributed by atoms with E-state index in [4.69, 9.17) is 14.2 Å². The molecule has 9 nitrogen and oxygen atoms in total. The predicted molar refractivity (Wildman–Crippen MR) is 105 cm³/mol. The fourth-order valence-corrected chi connectivity index (χ4v) is 2.51. The number of pyridine rings is 1. The first-order valence-corrected chi connectivity index (χ1v) is 8.42. The van der Waals surface area contributed by atoms with Gasteiger partial charge < -0.3 is 19.5 Å². The lowest BCUT2D eigenvalue weighted by Gasteiger charge is -2.10. The number of hydrogen-bond donors (Lipinski definition) is 1. The number of anilines is 1. The summed E-state index contributed by atoms with van der Waals surface area (Å²) in [6, 6.07) is 14.3. The minimum absolute atomic E-state index is 0.0751. The number of nitro groups is 1. The van der Waals surface area contributed by atoms with Gasteiger partial charge in [-0.3, -0.25) is 14.9 Å². The highest BCUT2D eigenvalue weighted by atomic mass is 16.6. The number of nitro benzene ring substituents is 1. The smallest absolute Gasteiger partial charge is 0.311 e. The van der Waals surface area contributed by atoms with Crippen LogP contribution in [0.25, 0.3) is 0 Å². The molecule has 1 amide bonds. The van der Waals surface area contributed by atoms with Crippen LogP contribution in [0.2, 0.25) is 0 Å². The van der Waals surface area contributed by atoms with E-state index in [-0.39, 0.29) is 17.0 Å². The summed E-state index contributed by atoms with van der Waals surface area (Å²) in [5, 5.41) is 13.7. The summed E-state index contributed by atoms with van der Waals surface area (Å²) >= 11 is 0. The number of aromatic nitrogens is 1. The van der Waals surface area contributed by atoms with E-state index in [1.165, 1.54) is 32.5 Å². The molecule has 1 N–H and O–H groups in total. The van der Waals surface area contributed by atoms with E-state index in [0.717, 1.165) is 6.07 Å². The third-order valence-electron chi connectivity index (χ3n) is 3.92. The second kappa shape index (κ2) is 8.70. The fourth-order valence-electron chi connectivity index (χ4n) is 2.51. The Morgan fingerprint density at radius 1 is 1.00 bits per heavy atom. The minimum Gasteiger partial charge on any atom is -0.493 e. The van der Waals surface area contributed by atoms with Crippen LogP contribution in [0.15, 0.2) is 60.8 Å². The van der Waals surface area contributed by atoms with Gasteiger partial charge in [0.05, 0.1) is 31.0 Å². The molecule has 0 saturated carbocycles. The zero-order chi connectivity index (χ0) is 20.8. The maximum absolute atomic E-state index is 12.4. The van der Waals surface area contributed by atoms with Crippen LogP contribution in [0, 0.1) is 10.1 Å². The molecule has 0 aliphatic carbocycles. The van der Waals surface area contributed by atoms with Gasteiger partial charge in [-0.1, -0.05) is 12.1 Å². The van der Waals surface area contributed by atoms with Crippen LogP contribution in [0.3, 0.4) is 0 Å². The van der Waals surface area contributed by atoms with Crippen molar-refractivity contribution in [3.05, 3.63) is 76.5 Å². The number of rotatable bonds is 7. The van der Waals surface area contributed by atoms with Crippen LogP contribution in [0.5, 0.6) is 23.1 Å². The quantitative estimate of drug-likeness (QED) is 0.474. The molecule has 3 aromatic rings. The van der Waals surface area contributed by atoms with E-state index >= 15 is 0 Å². The van der Waals surface area contributed by atoms with E-state index < -0.39 is 10.8 Å². The van der Waals surface area contributed by atoms with Gasteiger partial charge in [0.1, 0.15) is 0 Å². The summed E-state index contributed by atoms with van der Waals surface area (Å²) in [6.45, 7) is 0. The number of nitrogens with one attached hydrogen (secondary N) is 1. The lowest BCUT2D eigenvalue weighted by atomic mass is 10.1. The average Bonchev–Trinajstić information content (AvgIpc) is 2.75. The van der Waals surface area contributed by atoms with Crippen LogP contribution in [-0.4, -0.2) is 30.0 Å². The van der Waals surface area contributed by atoms with E-state index in [0.29, 0.717) is 23.1 Å². The average molecular weight is 395 g/mol. The van der Waals surface area contributed by atoms with Gasteiger partial charge in [0, 0.05) is 17.7 Å². The maximum Gasteiger partial charge on any atom is 0.311 e. The summed E-state index contributed by atoms with van der Waals surface area (Å²) in [5.41, 5.74) is 0.228. The molecule has 0 saturated heterocycles. The summed E-state index contributed by atoms with van der Waals surface area (Å²) in [7, 11) is 2.86. The zero-order valence-corrected chi connectivity index (χ0v) is 15.6. The number of carbonyl (C=O) groups is 1. The van der Waals surface area contributed by atoms with Crippen LogP contribution >= 0.6 is 0 Å². The zero-order valence-electron chi connectivity index (χ0n) is 15.6. The minimum atomic E-state index is -0.610. The van der Waals surface area contributed by atoms with Gasteiger partial charge >= 0.3 is 5.69 Å². The Bertz CT molecular complexity index is 1040. The highest BCUT2D eigenvalue weighted by Gasteiger charge is 2.18. The number of carbonyl (C=O) groups excluding carboxylic acids is 1. The number of para-hydroxylation sites is 2. The van der Waals surface area contributed by atoms with Gasteiger partial charge in [0.25, 0.3) is 5.91 Å². The van der Waals surface area contributed by atoms with Crippen LogP contribution in [-0.2, 0) is 0 Å². The largest absolute Gasteiger partial charge is 0.493 e. The summed E-state index contributed by atoms with van der Waals surface area (Å²) in [5.74, 6) is 0.937. The van der Waals surface area contributed by atoms with Gasteiger partial charge in [0.15, 0.2) is 17.2 Å². The standard InChI is InChI=1S/C20H17N3O6/c1-27-16-9-7-13(11-15(16)23(25)26)20(24)22-14-8-10-19(21-12-14)29-18-6-4-3-5-17(18)28-2/h3-12H,1-2H3,(H,22,24). The SMILES string of the molecule is COc1ccccc1Oc1ccc(NC(=O)c2ccc(OC)c([N+](=O)[O-])c2)cn1. The number of hydrogen-bond acceptors (Lipinski definition) is 7. The van der Waals surface area contributed by atoms with Gasteiger partial charge in [-0.2, -0.15) is 0 Å². The van der Waals surface area contributed by atoms with E-state index in [2.05, 4.69) is 10.3 Å². The Morgan fingerprint density at radius 2 is 1.72 bits per heavy atom. The van der Waals surface area contributed by atoms with Crippen LogP contribution in [0.4, 0.5) is 11.4 Å².